The van der Waals surface area contributed by atoms with Crippen LogP contribution in [0.15, 0.2) is 24.3 Å². The van der Waals surface area contributed by atoms with Crippen LogP contribution in [-0.4, -0.2) is 44.0 Å². The number of amides is 2. The highest BCUT2D eigenvalue weighted by molar-refractivity contribution is 5.98. The summed E-state index contributed by atoms with van der Waals surface area (Å²) in [5.41, 5.74) is 2.12. The Morgan fingerprint density at radius 2 is 1.86 bits per heavy atom. The second kappa shape index (κ2) is 10.0. The highest BCUT2D eigenvalue weighted by atomic mass is 35.5. The number of carbonyl (C=O) groups excluding carboxylic acids is 2. The van der Waals surface area contributed by atoms with Gasteiger partial charge in [0.15, 0.2) is 0 Å². The molecular weight excluding hydrogens is 411 g/mol. The van der Waals surface area contributed by atoms with Crippen molar-refractivity contribution in [1.82, 2.24) is 10.6 Å². The van der Waals surface area contributed by atoms with E-state index in [9.17, 15) is 9.59 Å². The molecule has 3 N–H and O–H groups in total. The largest absolute Gasteiger partial charge is 0.371 e. The summed E-state index contributed by atoms with van der Waals surface area (Å²) in [7, 11) is 0. The molecule has 4 rings (SSSR count). The second-order valence-corrected chi connectivity index (χ2v) is 8.33. The van der Waals surface area contributed by atoms with E-state index >= 15 is 0 Å². The van der Waals surface area contributed by atoms with E-state index in [1.807, 2.05) is 18.2 Å². The second-order valence-electron chi connectivity index (χ2n) is 8.33. The molecule has 1 aromatic carbocycles. The van der Waals surface area contributed by atoms with E-state index < -0.39 is 6.04 Å². The fourth-order valence-electron chi connectivity index (χ4n) is 4.58. The molecule has 2 unspecified atom stereocenters. The number of carbonyl (C=O) groups is 2. The van der Waals surface area contributed by atoms with Gasteiger partial charge in [0.2, 0.25) is 11.8 Å². The third-order valence-corrected chi connectivity index (χ3v) is 6.44. The van der Waals surface area contributed by atoms with Crippen LogP contribution < -0.4 is 20.9 Å². The maximum Gasteiger partial charge on any atom is 0.246 e. The molecule has 2 heterocycles. The molecular formula is C21H32Cl2N4O2. The summed E-state index contributed by atoms with van der Waals surface area (Å²) in [6.45, 7) is 5.89. The summed E-state index contributed by atoms with van der Waals surface area (Å²) in [5.74, 6) is -0.0550. The van der Waals surface area contributed by atoms with E-state index in [1.54, 1.807) is 6.92 Å². The minimum Gasteiger partial charge on any atom is -0.371 e. The fraction of sp³-hybridized carbons (Fsp3) is 0.619. The predicted molar refractivity (Wildman–Crippen MR) is 121 cm³/mol. The zero-order valence-corrected chi connectivity index (χ0v) is 18.5. The Hall–Kier alpha value is -1.50. The molecule has 0 bridgehead atoms. The molecule has 3 aliphatic rings. The molecule has 0 aromatic heterocycles. The maximum absolute atomic E-state index is 12.6. The van der Waals surface area contributed by atoms with E-state index in [4.69, 9.17) is 0 Å². The van der Waals surface area contributed by atoms with Crippen molar-refractivity contribution >= 4 is 48.0 Å². The van der Waals surface area contributed by atoms with Crippen LogP contribution >= 0.6 is 24.8 Å². The van der Waals surface area contributed by atoms with E-state index in [-0.39, 0.29) is 48.0 Å². The van der Waals surface area contributed by atoms with Gasteiger partial charge in [-0.25, -0.2) is 0 Å². The molecule has 6 nitrogen and oxygen atoms in total. The molecule has 1 aliphatic carbocycles. The van der Waals surface area contributed by atoms with Gasteiger partial charge in [-0.2, -0.15) is 0 Å². The molecule has 29 heavy (non-hydrogen) atoms. The number of hydrogen-bond donors (Lipinski definition) is 3. The summed E-state index contributed by atoms with van der Waals surface area (Å²) in [6, 6.07) is 7.43. The average Bonchev–Trinajstić information content (AvgIpc) is 3.11. The topological polar surface area (TPSA) is 73.5 Å². The van der Waals surface area contributed by atoms with Gasteiger partial charge >= 0.3 is 0 Å². The summed E-state index contributed by atoms with van der Waals surface area (Å²) in [5, 5.41) is 9.22. The number of anilines is 2. The quantitative estimate of drug-likeness (QED) is 0.655. The molecule has 0 radical (unpaired) electrons. The van der Waals surface area contributed by atoms with Gasteiger partial charge < -0.3 is 20.9 Å². The lowest BCUT2D eigenvalue weighted by Crippen LogP contribution is -2.43. The van der Waals surface area contributed by atoms with Crippen LogP contribution in [0.3, 0.4) is 0 Å². The predicted octanol–water partition coefficient (Wildman–Crippen LogP) is 2.96. The van der Waals surface area contributed by atoms with Crippen LogP contribution in [0.25, 0.3) is 0 Å². The fourth-order valence-corrected chi connectivity index (χ4v) is 4.58. The first kappa shape index (κ1) is 23.8. The van der Waals surface area contributed by atoms with Gasteiger partial charge in [-0.1, -0.05) is 6.07 Å². The summed E-state index contributed by atoms with van der Waals surface area (Å²) in [6.07, 6.45) is 5.54. The van der Waals surface area contributed by atoms with Crippen LogP contribution in [0.1, 0.15) is 39.0 Å². The van der Waals surface area contributed by atoms with Gasteiger partial charge in [0, 0.05) is 30.4 Å². The number of piperidine rings is 1. The van der Waals surface area contributed by atoms with Gasteiger partial charge in [0.05, 0.1) is 0 Å². The molecule has 162 valence electrons. The zero-order chi connectivity index (χ0) is 18.9. The monoisotopic (exact) mass is 442 g/mol. The lowest BCUT2D eigenvalue weighted by atomic mass is 9.91. The van der Waals surface area contributed by atoms with Crippen LogP contribution in [-0.2, 0) is 9.59 Å². The maximum atomic E-state index is 12.6. The van der Waals surface area contributed by atoms with Crippen LogP contribution in [0.4, 0.5) is 11.4 Å². The van der Waals surface area contributed by atoms with Gasteiger partial charge in [-0.15, -0.1) is 24.8 Å². The summed E-state index contributed by atoms with van der Waals surface area (Å²) in [4.78, 5) is 27.4. The first-order valence-corrected chi connectivity index (χ1v) is 10.2. The number of nitrogens with one attached hydrogen (secondary N) is 3. The SMILES string of the molecule is CC(NC(=O)C1CC12CCNCC2)C(=O)Nc1cccc(N2CCCC2)c1.Cl.Cl. The minimum atomic E-state index is -0.535. The third kappa shape index (κ3) is 5.36. The molecule has 2 amide bonds. The molecule has 3 fully saturated rings. The highest BCUT2D eigenvalue weighted by Crippen LogP contribution is 2.58. The van der Waals surface area contributed by atoms with Crippen molar-refractivity contribution in [1.29, 1.82) is 0 Å². The standard InChI is InChI=1S/C21H30N4O2.2ClH/c1-15(23-20(27)18-14-21(18)7-9-22-10-8-21)19(26)24-16-5-4-6-17(13-16)25-11-2-3-12-25;;/h4-6,13,15,18,22H,2-3,7-12,14H2,1H3,(H,23,27)(H,24,26);2*1H. The van der Waals surface area contributed by atoms with Crippen molar-refractivity contribution < 1.29 is 9.59 Å². The Morgan fingerprint density at radius 3 is 2.55 bits per heavy atom. The lowest BCUT2D eigenvalue weighted by Gasteiger charge is -2.23. The zero-order valence-electron chi connectivity index (χ0n) is 16.9. The van der Waals surface area contributed by atoms with E-state index in [1.165, 1.54) is 12.8 Å². The van der Waals surface area contributed by atoms with E-state index in [2.05, 4.69) is 26.9 Å². The average molecular weight is 443 g/mol. The highest BCUT2D eigenvalue weighted by Gasteiger charge is 2.57. The summed E-state index contributed by atoms with van der Waals surface area (Å²) < 4.78 is 0. The Kier molecular flexibility index (Phi) is 8.20. The van der Waals surface area contributed by atoms with Crippen molar-refractivity contribution in [2.75, 3.05) is 36.4 Å². The summed E-state index contributed by atoms with van der Waals surface area (Å²) >= 11 is 0. The number of hydrogen-bond acceptors (Lipinski definition) is 4. The van der Waals surface area contributed by atoms with Crippen LogP contribution in [0, 0.1) is 11.3 Å². The molecule has 1 spiro atoms. The van der Waals surface area contributed by atoms with Gasteiger partial charge in [-0.3, -0.25) is 9.59 Å². The Balaban J connectivity index is 0.00000150. The van der Waals surface area contributed by atoms with E-state index in [0.717, 1.165) is 56.8 Å². The minimum absolute atomic E-state index is 0. The number of nitrogens with zero attached hydrogens (tertiary/aromatic N) is 1. The van der Waals surface area contributed by atoms with E-state index in [0.29, 0.717) is 0 Å². The van der Waals surface area contributed by atoms with Gasteiger partial charge in [0.1, 0.15) is 6.04 Å². The molecule has 8 heteroatoms. The molecule has 2 atom stereocenters. The lowest BCUT2D eigenvalue weighted by molar-refractivity contribution is -0.127. The van der Waals surface area contributed by atoms with Crippen molar-refractivity contribution in [3.05, 3.63) is 24.3 Å². The van der Waals surface area contributed by atoms with Gasteiger partial charge in [0.25, 0.3) is 0 Å². The molecule has 2 aliphatic heterocycles. The number of rotatable bonds is 5. The van der Waals surface area contributed by atoms with Crippen LogP contribution in [0.2, 0.25) is 0 Å². The van der Waals surface area contributed by atoms with Crippen molar-refractivity contribution in [3.8, 4) is 0 Å². The first-order valence-electron chi connectivity index (χ1n) is 10.2. The van der Waals surface area contributed by atoms with Crippen molar-refractivity contribution in [2.45, 2.75) is 45.1 Å². The molecule has 1 saturated carbocycles. The Bertz CT molecular complexity index is 718. The Labute approximate surface area is 185 Å². The van der Waals surface area contributed by atoms with Crippen LogP contribution in [0.5, 0.6) is 0 Å². The smallest absolute Gasteiger partial charge is 0.246 e. The molecule has 1 aromatic rings. The number of halogens is 2. The Morgan fingerprint density at radius 1 is 1.17 bits per heavy atom. The normalized spacial score (nSPS) is 22.8. The van der Waals surface area contributed by atoms with Crippen molar-refractivity contribution in [2.24, 2.45) is 11.3 Å². The number of benzene rings is 1. The third-order valence-electron chi connectivity index (χ3n) is 6.44. The molecule has 2 saturated heterocycles. The first-order chi connectivity index (χ1) is 13.1. The van der Waals surface area contributed by atoms with Crippen molar-refractivity contribution in [3.63, 3.8) is 0 Å². The van der Waals surface area contributed by atoms with Gasteiger partial charge in [-0.05, 0) is 75.7 Å².